The third kappa shape index (κ3) is 5.10. The number of nitrogens with one attached hydrogen (secondary N) is 1. The molecule has 2 rings (SSSR count). The van der Waals surface area contributed by atoms with E-state index in [1.165, 1.54) is 6.08 Å². The van der Waals surface area contributed by atoms with Crippen LogP contribution in [0.25, 0.3) is 6.08 Å². The number of hydrogen-bond acceptors (Lipinski definition) is 4. The maximum atomic E-state index is 12.4. The average Bonchev–Trinajstić information content (AvgIpc) is 2.71. The van der Waals surface area contributed by atoms with Gasteiger partial charge in [0.2, 0.25) is 5.91 Å². The fourth-order valence-electron chi connectivity index (χ4n) is 2.59. The zero-order valence-electron chi connectivity index (χ0n) is 16.0. The van der Waals surface area contributed by atoms with Gasteiger partial charge in [0.05, 0.1) is 14.2 Å². The van der Waals surface area contributed by atoms with Crippen molar-refractivity contribution in [2.45, 2.75) is 6.54 Å². The van der Waals surface area contributed by atoms with Gasteiger partial charge in [-0.15, -0.1) is 0 Å². The summed E-state index contributed by atoms with van der Waals surface area (Å²) in [7, 11) is 6.44. The van der Waals surface area contributed by atoms with Crippen LogP contribution in [0.5, 0.6) is 11.5 Å². The van der Waals surface area contributed by atoms with E-state index in [1.807, 2.05) is 24.3 Å². The predicted octanol–water partition coefficient (Wildman–Crippen LogP) is 2.74. The third-order valence-corrected chi connectivity index (χ3v) is 4.08. The summed E-state index contributed by atoms with van der Waals surface area (Å²) in [5.74, 6) is 0.907. The van der Waals surface area contributed by atoms with Gasteiger partial charge in [0, 0.05) is 37.8 Å². The van der Waals surface area contributed by atoms with Gasteiger partial charge in [0.25, 0.3) is 5.91 Å². The molecular formula is C21H24N2O4. The highest BCUT2D eigenvalue weighted by Gasteiger charge is 2.10. The van der Waals surface area contributed by atoms with Crippen LogP contribution in [0.3, 0.4) is 0 Å². The van der Waals surface area contributed by atoms with E-state index in [9.17, 15) is 9.59 Å². The zero-order valence-corrected chi connectivity index (χ0v) is 16.0. The van der Waals surface area contributed by atoms with Gasteiger partial charge in [-0.2, -0.15) is 0 Å². The highest BCUT2D eigenvalue weighted by Crippen LogP contribution is 2.31. The zero-order chi connectivity index (χ0) is 19.8. The highest BCUT2D eigenvalue weighted by atomic mass is 16.5. The van der Waals surface area contributed by atoms with Crippen LogP contribution in [0.1, 0.15) is 21.5 Å². The van der Waals surface area contributed by atoms with E-state index < -0.39 is 0 Å². The Balaban J connectivity index is 2.05. The smallest absolute Gasteiger partial charge is 0.251 e. The molecule has 0 heterocycles. The molecule has 0 saturated heterocycles. The van der Waals surface area contributed by atoms with Crippen LogP contribution < -0.4 is 14.8 Å². The van der Waals surface area contributed by atoms with Crippen LogP contribution in [0.2, 0.25) is 0 Å². The van der Waals surface area contributed by atoms with Gasteiger partial charge in [-0.1, -0.05) is 24.3 Å². The number of carbonyl (C=O) groups excluding carboxylic acids is 2. The monoisotopic (exact) mass is 368 g/mol. The molecule has 1 N–H and O–H groups in total. The van der Waals surface area contributed by atoms with Gasteiger partial charge in [-0.3, -0.25) is 9.59 Å². The lowest BCUT2D eigenvalue weighted by Gasteiger charge is -2.15. The largest absolute Gasteiger partial charge is 0.493 e. The number of ether oxygens (including phenoxy) is 2. The number of hydrogen-bond donors (Lipinski definition) is 1. The number of methoxy groups -OCH3 is 2. The Morgan fingerprint density at radius 2 is 1.78 bits per heavy atom. The van der Waals surface area contributed by atoms with Crippen molar-refractivity contribution in [3.8, 4) is 11.5 Å². The standard InChI is InChI=1S/C21H24N2O4/c1-22-21(25)17-10-8-15(9-11-17)14-23(2)19(24)13-12-16-6-5-7-18(26-3)20(16)27-4/h5-13H,14H2,1-4H3,(H,22,25)/b13-12+. The molecule has 2 aromatic carbocycles. The van der Waals surface area contributed by atoms with Crippen LogP contribution in [0.15, 0.2) is 48.5 Å². The molecule has 2 amide bonds. The number of nitrogens with zero attached hydrogens (tertiary/aromatic N) is 1. The first-order valence-electron chi connectivity index (χ1n) is 8.45. The van der Waals surface area contributed by atoms with Gasteiger partial charge >= 0.3 is 0 Å². The van der Waals surface area contributed by atoms with E-state index in [0.717, 1.165) is 11.1 Å². The molecule has 0 aliphatic heterocycles. The van der Waals surface area contributed by atoms with Crippen LogP contribution >= 0.6 is 0 Å². The van der Waals surface area contributed by atoms with Gasteiger partial charge in [0.15, 0.2) is 11.5 Å². The Hall–Kier alpha value is -3.28. The predicted molar refractivity (Wildman–Crippen MR) is 105 cm³/mol. The lowest BCUT2D eigenvalue weighted by Crippen LogP contribution is -2.24. The number of rotatable bonds is 7. The first-order chi connectivity index (χ1) is 13.0. The Labute approximate surface area is 159 Å². The van der Waals surface area contributed by atoms with Gasteiger partial charge in [0.1, 0.15) is 0 Å². The van der Waals surface area contributed by atoms with E-state index in [1.54, 1.807) is 57.5 Å². The Kier molecular flexibility index (Phi) is 7.00. The lowest BCUT2D eigenvalue weighted by atomic mass is 10.1. The highest BCUT2D eigenvalue weighted by molar-refractivity contribution is 5.94. The summed E-state index contributed by atoms with van der Waals surface area (Å²) in [5, 5.41) is 2.58. The second-order valence-electron chi connectivity index (χ2n) is 5.89. The molecule has 0 atom stereocenters. The first kappa shape index (κ1) is 20.0. The van der Waals surface area contributed by atoms with E-state index in [4.69, 9.17) is 9.47 Å². The van der Waals surface area contributed by atoms with E-state index in [-0.39, 0.29) is 11.8 Å². The lowest BCUT2D eigenvalue weighted by molar-refractivity contribution is -0.125. The SMILES string of the molecule is CNC(=O)c1ccc(CN(C)C(=O)/C=C/c2cccc(OC)c2OC)cc1. The van der Waals surface area contributed by atoms with E-state index in [2.05, 4.69) is 5.32 Å². The summed E-state index contributed by atoms with van der Waals surface area (Å²) in [6.07, 6.45) is 3.20. The molecule has 0 aromatic heterocycles. The molecule has 6 nitrogen and oxygen atoms in total. The normalized spacial score (nSPS) is 10.5. The molecule has 2 aromatic rings. The van der Waals surface area contributed by atoms with Crippen molar-refractivity contribution in [1.82, 2.24) is 10.2 Å². The molecule has 0 aliphatic carbocycles. The van der Waals surface area contributed by atoms with Crippen molar-refractivity contribution >= 4 is 17.9 Å². The number of likely N-dealkylation sites (N-methyl/N-ethyl adjacent to an activating group) is 1. The summed E-state index contributed by atoms with van der Waals surface area (Å²) in [6, 6.07) is 12.6. The minimum Gasteiger partial charge on any atom is -0.493 e. The fourth-order valence-corrected chi connectivity index (χ4v) is 2.59. The molecule has 0 aliphatic rings. The molecule has 6 heteroatoms. The van der Waals surface area contributed by atoms with Gasteiger partial charge in [-0.05, 0) is 29.8 Å². The second-order valence-corrected chi connectivity index (χ2v) is 5.89. The summed E-state index contributed by atoms with van der Waals surface area (Å²) < 4.78 is 10.6. The molecule has 0 bridgehead atoms. The number of para-hydroxylation sites is 1. The molecule has 0 radical (unpaired) electrons. The van der Waals surface area contributed by atoms with Crippen LogP contribution in [-0.4, -0.2) is 45.0 Å². The number of carbonyl (C=O) groups is 2. The van der Waals surface area contributed by atoms with Crippen molar-refractivity contribution in [2.24, 2.45) is 0 Å². The van der Waals surface area contributed by atoms with Gasteiger partial charge < -0.3 is 19.7 Å². The van der Waals surface area contributed by atoms with Crippen molar-refractivity contribution in [2.75, 3.05) is 28.3 Å². The quantitative estimate of drug-likeness (QED) is 0.763. The van der Waals surface area contributed by atoms with Crippen molar-refractivity contribution in [1.29, 1.82) is 0 Å². The summed E-state index contributed by atoms with van der Waals surface area (Å²) >= 11 is 0. The molecule has 0 spiro atoms. The van der Waals surface area contributed by atoms with Crippen LogP contribution in [0, 0.1) is 0 Å². The average molecular weight is 368 g/mol. The maximum Gasteiger partial charge on any atom is 0.251 e. The van der Waals surface area contributed by atoms with E-state index in [0.29, 0.717) is 23.6 Å². The summed E-state index contributed by atoms with van der Waals surface area (Å²) in [4.78, 5) is 25.6. The Morgan fingerprint density at radius 1 is 1.07 bits per heavy atom. The van der Waals surface area contributed by atoms with Gasteiger partial charge in [-0.25, -0.2) is 0 Å². The molecule has 0 saturated carbocycles. The number of amides is 2. The van der Waals surface area contributed by atoms with Crippen molar-refractivity contribution in [3.63, 3.8) is 0 Å². The minimum absolute atomic E-state index is 0.138. The molecule has 27 heavy (non-hydrogen) atoms. The molecule has 0 fully saturated rings. The third-order valence-electron chi connectivity index (χ3n) is 4.08. The Bertz CT molecular complexity index is 829. The van der Waals surface area contributed by atoms with Crippen molar-refractivity contribution in [3.05, 3.63) is 65.2 Å². The van der Waals surface area contributed by atoms with Crippen molar-refractivity contribution < 1.29 is 19.1 Å². The van der Waals surface area contributed by atoms with E-state index >= 15 is 0 Å². The van der Waals surface area contributed by atoms with Crippen LogP contribution in [-0.2, 0) is 11.3 Å². The molecule has 142 valence electrons. The summed E-state index contributed by atoms with van der Waals surface area (Å²) in [6.45, 7) is 0.437. The molecule has 0 unspecified atom stereocenters. The van der Waals surface area contributed by atoms with Crippen LogP contribution in [0.4, 0.5) is 0 Å². The first-order valence-corrected chi connectivity index (χ1v) is 8.45. The minimum atomic E-state index is -0.143. The Morgan fingerprint density at radius 3 is 2.37 bits per heavy atom. The topological polar surface area (TPSA) is 67.9 Å². The maximum absolute atomic E-state index is 12.4. The second kappa shape index (κ2) is 9.43. The molecular weight excluding hydrogens is 344 g/mol. The fraction of sp³-hybridized carbons (Fsp3) is 0.238. The summed E-state index contributed by atoms with van der Waals surface area (Å²) in [5.41, 5.74) is 2.28. The number of benzene rings is 2.